The highest BCUT2D eigenvalue weighted by atomic mass is 32.1. The number of nitrogens with zero attached hydrogens (tertiary/aromatic N) is 2. The molecule has 0 radical (unpaired) electrons. The molecule has 0 bridgehead atoms. The number of halogens is 1. The van der Waals surface area contributed by atoms with Gasteiger partial charge in [-0.2, -0.15) is 0 Å². The van der Waals surface area contributed by atoms with Crippen LogP contribution in [0.5, 0.6) is 0 Å². The third kappa shape index (κ3) is 4.35. The summed E-state index contributed by atoms with van der Waals surface area (Å²) >= 11 is 4.99. The minimum atomic E-state index is -0.461. The molecule has 1 aliphatic rings. The predicted molar refractivity (Wildman–Crippen MR) is 96.4 cm³/mol. The van der Waals surface area contributed by atoms with E-state index in [0.29, 0.717) is 35.8 Å². The molecule has 1 fully saturated rings. The molecule has 1 atom stereocenters. The molecule has 1 saturated heterocycles. The molecule has 0 unspecified atom stereocenters. The first-order valence-electron chi connectivity index (χ1n) is 8.02. The summed E-state index contributed by atoms with van der Waals surface area (Å²) in [6.07, 6.45) is 1.34. The van der Waals surface area contributed by atoms with Crippen LogP contribution >= 0.6 is 12.2 Å². The lowest BCUT2D eigenvalue weighted by molar-refractivity contribution is 0.137. The molecule has 0 aromatic heterocycles. The van der Waals surface area contributed by atoms with Crippen LogP contribution in [0.1, 0.15) is 26.2 Å². The van der Waals surface area contributed by atoms with Gasteiger partial charge in [0.15, 0.2) is 5.05 Å². The summed E-state index contributed by atoms with van der Waals surface area (Å²) in [6, 6.07) is 4.82. The molecule has 0 aliphatic carbocycles. The Balaban J connectivity index is 2.05. The van der Waals surface area contributed by atoms with E-state index in [1.807, 2.05) is 18.9 Å². The second-order valence-corrected chi connectivity index (χ2v) is 6.24. The Morgan fingerprint density at radius 2 is 2.29 bits per heavy atom. The molecule has 2 rings (SSSR count). The average Bonchev–Trinajstić information content (AvgIpc) is 2.93. The number of ether oxygens (including phenoxy) is 2. The van der Waals surface area contributed by atoms with E-state index in [2.05, 4.69) is 0 Å². The maximum Gasteiger partial charge on any atom is 0.414 e. The van der Waals surface area contributed by atoms with Gasteiger partial charge in [-0.25, -0.2) is 9.18 Å². The number of rotatable bonds is 7. The Hall–Kier alpha value is -1.89. The van der Waals surface area contributed by atoms with Gasteiger partial charge in [-0.3, -0.25) is 4.90 Å². The lowest BCUT2D eigenvalue weighted by Crippen LogP contribution is -2.25. The number of benzene rings is 1. The number of cyclic esters (lactones) is 1. The first-order chi connectivity index (χ1) is 11.5. The number of anilines is 2. The maximum atomic E-state index is 14.3. The quantitative estimate of drug-likeness (QED) is 0.698. The van der Waals surface area contributed by atoms with Crippen molar-refractivity contribution < 1.29 is 18.7 Å². The lowest BCUT2D eigenvalue weighted by Gasteiger charge is -2.21. The Bertz CT molecular complexity index is 611. The van der Waals surface area contributed by atoms with Gasteiger partial charge >= 0.3 is 6.09 Å². The number of hydrogen-bond acceptors (Lipinski definition) is 5. The van der Waals surface area contributed by atoms with Crippen molar-refractivity contribution in [3.05, 3.63) is 24.0 Å². The molecule has 1 amide bonds. The van der Waals surface area contributed by atoms with Gasteiger partial charge in [0.2, 0.25) is 0 Å². The van der Waals surface area contributed by atoms with Gasteiger partial charge in [-0.05, 0) is 43.3 Å². The fourth-order valence-corrected chi connectivity index (χ4v) is 2.81. The van der Waals surface area contributed by atoms with Crippen molar-refractivity contribution in [3.63, 3.8) is 0 Å². The zero-order chi connectivity index (χ0) is 17.7. The fraction of sp³-hybridized carbons (Fsp3) is 0.529. The molecule has 1 aromatic carbocycles. The van der Waals surface area contributed by atoms with Crippen molar-refractivity contribution in [1.82, 2.24) is 0 Å². The molecule has 0 spiro atoms. The summed E-state index contributed by atoms with van der Waals surface area (Å²) in [5.41, 5.74) is 1.03. The zero-order valence-corrected chi connectivity index (χ0v) is 15.1. The molecule has 5 nitrogen and oxygen atoms in total. The van der Waals surface area contributed by atoms with Crippen molar-refractivity contribution in [2.24, 2.45) is 0 Å². The monoisotopic (exact) mass is 354 g/mol. The van der Waals surface area contributed by atoms with Gasteiger partial charge in [0.25, 0.3) is 0 Å². The van der Waals surface area contributed by atoms with E-state index >= 15 is 0 Å². The topological polar surface area (TPSA) is 42.0 Å². The molecule has 0 saturated carbocycles. The standard InChI is InChI=1S/C17H23FN2O3S/c1-4-9-19(2)15-7-5-12(10-14(15)18)20-11-13(23-17(20)21)6-8-16(24)22-3/h5,7,10,13H,4,6,8-9,11H2,1-3H3/t13-/m0/s1. The van der Waals surface area contributed by atoms with Crippen LogP contribution in [0.15, 0.2) is 18.2 Å². The second-order valence-electron chi connectivity index (χ2n) is 5.79. The van der Waals surface area contributed by atoms with Crippen molar-refractivity contribution in [2.75, 3.05) is 37.0 Å². The van der Waals surface area contributed by atoms with Gasteiger partial charge in [-0.1, -0.05) is 6.92 Å². The van der Waals surface area contributed by atoms with E-state index in [0.717, 1.165) is 13.0 Å². The second kappa shape index (κ2) is 8.28. The SMILES string of the molecule is CCCN(C)c1ccc(N2C[C@H](CCC(=S)OC)OC2=O)cc1F. The van der Waals surface area contributed by atoms with Crippen LogP contribution in [-0.4, -0.2) is 44.5 Å². The van der Waals surface area contributed by atoms with Crippen molar-refractivity contribution in [3.8, 4) is 0 Å². The van der Waals surface area contributed by atoms with E-state index in [1.165, 1.54) is 18.1 Å². The molecule has 1 aliphatic heterocycles. The van der Waals surface area contributed by atoms with E-state index in [-0.39, 0.29) is 11.9 Å². The van der Waals surface area contributed by atoms with Crippen LogP contribution in [0.2, 0.25) is 0 Å². The molecular formula is C17H23FN2O3S. The van der Waals surface area contributed by atoms with Gasteiger partial charge < -0.3 is 14.4 Å². The Labute approximate surface area is 147 Å². The number of hydrogen-bond donors (Lipinski definition) is 0. The van der Waals surface area contributed by atoms with E-state index in [9.17, 15) is 9.18 Å². The highest BCUT2D eigenvalue weighted by molar-refractivity contribution is 7.80. The molecule has 0 N–H and O–H groups in total. The Kier molecular flexibility index (Phi) is 6.36. The van der Waals surface area contributed by atoms with Gasteiger partial charge in [0, 0.05) is 20.0 Å². The summed E-state index contributed by atoms with van der Waals surface area (Å²) in [4.78, 5) is 15.3. The van der Waals surface area contributed by atoms with Gasteiger partial charge in [0.05, 0.1) is 25.0 Å². The number of methoxy groups -OCH3 is 1. The molecule has 24 heavy (non-hydrogen) atoms. The minimum Gasteiger partial charge on any atom is -0.490 e. The van der Waals surface area contributed by atoms with Crippen LogP contribution in [-0.2, 0) is 9.47 Å². The summed E-state index contributed by atoms with van der Waals surface area (Å²) < 4.78 is 24.6. The van der Waals surface area contributed by atoms with Gasteiger partial charge in [-0.15, -0.1) is 0 Å². The van der Waals surface area contributed by atoms with Crippen LogP contribution in [0.3, 0.4) is 0 Å². The Morgan fingerprint density at radius 1 is 1.54 bits per heavy atom. The van der Waals surface area contributed by atoms with Crippen LogP contribution < -0.4 is 9.80 Å². The number of carbonyl (C=O) groups excluding carboxylic acids is 1. The summed E-state index contributed by atoms with van der Waals surface area (Å²) in [6.45, 7) is 3.19. The number of carbonyl (C=O) groups is 1. The third-order valence-corrected chi connectivity index (χ3v) is 4.36. The van der Waals surface area contributed by atoms with Crippen LogP contribution in [0.25, 0.3) is 0 Å². The summed E-state index contributed by atoms with van der Waals surface area (Å²) in [5.74, 6) is -0.347. The fourth-order valence-electron chi connectivity index (χ4n) is 2.69. The highest BCUT2D eigenvalue weighted by Crippen LogP contribution is 2.28. The molecular weight excluding hydrogens is 331 g/mol. The molecule has 7 heteroatoms. The normalized spacial score (nSPS) is 16.9. The Morgan fingerprint density at radius 3 is 2.92 bits per heavy atom. The maximum absolute atomic E-state index is 14.3. The summed E-state index contributed by atoms with van der Waals surface area (Å²) in [7, 11) is 3.37. The van der Waals surface area contributed by atoms with E-state index < -0.39 is 6.09 Å². The minimum absolute atomic E-state index is 0.267. The lowest BCUT2D eigenvalue weighted by atomic mass is 10.2. The van der Waals surface area contributed by atoms with E-state index in [1.54, 1.807) is 12.1 Å². The van der Waals surface area contributed by atoms with Crippen LogP contribution in [0, 0.1) is 5.82 Å². The number of thiocarbonyl (C=S) groups is 1. The molecule has 132 valence electrons. The average molecular weight is 354 g/mol. The van der Waals surface area contributed by atoms with E-state index in [4.69, 9.17) is 21.7 Å². The van der Waals surface area contributed by atoms with Crippen molar-refractivity contribution >= 4 is 34.7 Å². The zero-order valence-electron chi connectivity index (χ0n) is 14.3. The van der Waals surface area contributed by atoms with Crippen molar-refractivity contribution in [2.45, 2.75) is 32.3 Å². The third-order valence-electron chi connectivity index (χ3n) is 3.99. The first kappa shape index (κ1) is 18.4. The smallest absolute Gasteiger partial charge is 0.414 e. The first-order valence-corrected chi connectivity index (χ1v) is 8.42. The van der Waals surface area contributed by atoms with Crippen LogP contribution in [0.4, 0.5) is 20.6 Å². The van der Waals surface area contributed by atoms with Crippen molar-refractivity contribution in [1.29, 1.82) is 0 Å². The largest absolute Gasteiger partial charge is 0.490 e. The summed E-state index contributed by atoms with van der Waals surface area (Å²) in [5, 5.41) is 0.485. The molecule has 1 heterocycles. The number of amides is 1. The highest BCUT2D eigenvalue weighted by Gasteiger charge is 2.32. The van der Waals surface area contributed by atoms with Gasteiger partial charge in [0.1, 0.15) is 11.9 Å². The predicted octanol–water partition coefficient (Wildman–Crippen LogP) is 3.75. The molecule has 1 aromatic rings.